The van der Waals surface area contributed by atoms with Crippen LogP contribution < -0.4 is 10.1 Å². The highest BCUT2D eigenvalue weighted by Gasteiger charge is 2.16. The van der Waals surface area contributed by atoms with Crippen molar-refractivity contribution in [2.24, 2.45) is 0 Å². The van der Waals surface area contributed by atoms with Gasteiger partial charge in [-0.15, -0.1) is 0 Å². The standard InChI is InChI=1S/C26H27FN4O2/c1-5-33-25-14-24-22(13-18(25)12-21(32)7-6-10-31(3)4)26(19(15-28)16-29-24)30-20-8-9-23(27)17(2)11-20/h6-9,11,13-14,16H,5,10,12H2,1-4H3,(H,29,30)/b7-6+/i3D3,5D2,6D,8D,9D,10D2,11D. The number of fused-ring (bicyclic) bond motifs is 1. The minimum atomic E-state index is -2.91. The Kier molecular flexibility index (Phi) is 4.24. The Labute approximate surface area is 208 Å². The predicted octanol–water partition coefficient (Wildman–Crippen LogP) is 4.93. The molecule has 0 saturated heterocycles. The van der Waals surface area contributed by atoms with Gasteiger partial charge in [-0.1, -0.05) is 6.05 Å². The van der Waals surface area contributed by atoms with E-state index < -0.39 is 62.2 Å². The van der Waals surface area contributed by atoms with E-state index in [0.717, 1.165) is 20.2 Å². The average molecular weight is 458 g/mol. The first-order valence-corrected chi connectivity index (χ1v) is 9.63. The highest BCUT2D eigenvalue weighted by atomic mass is 19.1. The van der Waals surface area contributed by atoms with Crippen LogP contribution in [-0.2, 0) is 11.2 Å². The first-order chi connectivity index (χ1) is 20.1. The summed E-state index contributed by atoms with van der Waals surface area (Å²) in [6.07, 6.45) is 1.17. The molecule has 1 aromatic heterocycles. The van der Waals surface area contributed by atoms with Gasteiger partial charge in [0.15, 0.2) is 5.78 Å². The molecule has 0 bridgehead atoms. The summed E-state index contributed by atoms with van der Waals surface area (Å²) >= 11 is 0. The van der Waals surface area contributed by atoms with Crippen LogP contribution in [0.2, 0.25) is 0 Å². The predicted molar refractivity (Wildman–Crippen MR) is 128 cm³/mol. The lowest BCUT2D eigenvalue weighted by Crippen LogP contribution is -2.11. The van der Waals surface area contributed by atoms with Crippen LogP contribution in [0.25, 0.3) is 10.9 Å². The second-order valence-electron chi connectivity index (χ2n) is 6.86. The Morgan fingerprint density at radius 2 is 2.33 bits per heavy atom. The van der Waals surface area contributed by atoms with Crippen LogP contribution in [0.15, 0.2) is 48.6 Å². The van der Waals surface area contributed by atoms with Crippen molar-refractivity contribution in [3.05, 3.63) is 71.1 Å². The van der Waals surface area contributed by atoms with E-state index in [0.29, 0.717) is 11.0 Å². The number of hydrogen-bond donors (Lipinski definition) is 1. The molecule has 170 valence electrons. The van der Waals surface area contributed by atoms with Crippen molar-refractivity contribution >= 4 is 28.1 Å². The molecular formula is C26H27FN4O2. The number of likely N-dealkylation sites (N-methyl/N-ethyl adjacent to an activating group) is 1. The van der Waals surface area contributed by atoms with Gasteiger partial charge in [-0.2, -0.15) is 5.26 Å². The summed E-state index contributed by atoms with van der Waals surface area (Å²) in [5, 5.41) is 12.7. The highest BCUT2D eigenvalue weighted by molar-refractivity contribution is 5.98. The van der Waals surface area contributed by atoms with Gasteiger partial charge in [0.25, 0.3) is 0 Å². The number of carbonyl (C=O) groups excluding carboxylic acids is 1. The minimum absolute atomic E-state index is 0.00983. The number of carbonyl (C=O) groups is 1. The SMILES string of the molecule is [2H]/C(=C\C(=O)Cc1cc2c(Nc3c([2H])c([2H])c(F)c(C)c3[2H])c(C#N)cnc2cc1OC([2H])([2H])C)C([2H])([2H])N(C)C([2H])([2H])[2H]. The van der Waals surface area contributed by atoms with Gasteiger partial charge in [-0.05, 0) is 63.7 Å². The summed E-state index contributed by atoms with van der Waals surface area (Å²) in [6, 6.07) is 1.70. The van der Waals surface area contributed by atoms with E-state index in [2.05, 4.69) is 10.3 Å². The first kappa shape index (κ1) is 13.1. The molecule has 1 N–H and O–H groups in total. The van der Waals surface area contributed by atoms with Crippen LogP contribution in [0.4, 0.5) is 15.8 Å². The lowest BCUT2D eigenvalue weighted by atomic mass is 10.0. The van der Waals surface area contributed by atoms with Gasteiger partial charge in [-0.3, -0.25) is 9.78 Å². The highest BCUT2D eigenvalue weighted by Crippen LogP contribution is 2.34. The molecule has 0 amide bonds. The maximum atomic E-state index is 14.3. The number of aromatic nitrogens is 1. The Morgan fingerprint density at radius 1 is 1.52 bits per heavy atom. The van der Waals surface area contributed by atoms with E-state index in [-0.39, 0.29) is 44.7 Å². The van der Waals surface area contributed by atoms with Crippen molar-refractivity contribution in [2.75, 3.05) is 32.4 Å². The molecule has 0 radical (unpaired) electrons. The van der Waals surface area contributed by atoms with Gasteiger partial charge in [-0.25, -0.2) is 4.39 Å². The van der Waals surface area contributed by atoms with Crippen LogP contribution in [0, 0.1) is 24.1 Å². The van der Waals surface area contributed by atoms with Crippen molar-refractivity contribution in [3.8, 4) is 11.8 Å². The molecule has 0 atom stereocenters. The molecule has 6 nitrogen and oxygen atoms in total. The topological polar surface area (TPSA) is 78.2 Å². The molecule has 1 heterocycles. The molecule has 33 heavy (non-hydrogen) atoms. The number of nitrogens with one attached hydrogen (secondary N) is 1. The van der Waals surface area contributed by atoms with Crippen LogP contribution in [0.5, 0.6) is 5.75 Å². The Hall–Kier alpha value is -3.76. The van der Waals surface area contributed by atoms with Crippen LogP contribution in [0.3, 0.4) is 0 Å². The zero-order valence-electron chi connectivity index (χ0n) is 29.1. The third-order valence-electron chi connectivity index (χ3n) is 4.40. The first-order valence-electron chi connectivity index (χ1n) is 15.1. The van der Waals surface area contributed by atoms with Gasteiger partial charge < -0.3 is 15.0 Å². The van der Waals surface area contributed by atoms with Crippen LogP contribution in [0.1, 0.15) is 38.7 Å². The van der Waals surface area contributed by atoms with Crippen molar-refractivity contribution in [1.82, 2.24) is 9.88 Å². The maximum absolute atomic E-state index is 14.3. The fourth-order valence-corrected chi connectivity index (χ4v) is 2.95. The zero-order valence-corrected chi connectivity index (χ0v) is 18.1. The van der Waals surface area contributed by atoms with E-state index in [1.807, 2.05) is 6.07 Å². The molecule has 0 aliphatic rings. The lowest BCUT2D eigenvalue weighted by Gasteiger charge is -2.15. The molecule has 0 saturated carbocycles. The molecule has 2 aromatic carbocycles. The molecule has 0 fully saturated rings. The zero-order chi connectivity index (χ0) is 33.5. The second kappa shape index (κ2) is 10.7. The molecule has 7 heteroatoms. The molecule has 3 aromatic rings. The van der Waals surface area contributed by atoms with E-state index in [1.165, 1.54) is 19.1 Å². The molecule has 0 unspecified atom stereocenters. The third-order valence-corrected chi connectivity index (χ3v) is 4.40. The molecule has 0 spiro atoms. The summed E-state index contributed by atoms with van der Waals surface area (Å²) in [5.41, 5.74) is -0.455. The Balaban J connectivity index is 2.21. The van der Waals surface area contributed by atoms with Crippen molar-refractivity contribution in [3.63, 3.8) is 0 Å². The summed E-state index contributed by atoms with van der Waals surface area (Å²) in [7, 11) is 0.934. The summed E-state index contributed by atoms with van der Waals surface area (Å²) < 4.78 is 106. The number of rotatable bonds is 9. The number of benzene rings is 2. The van der Waals surface area contributed by atoms with Crippen LogP contribution >= 0.6 is 0 Å². The summed E-state index contributed by atoms with van der Waals surface area (Å²) in [4.78, 5) is 17.5. The number of halogens is 1. The fourth-order valence-electron chi connectivity index (χ4n) is 2.95. The number of pyridine rings is 1. The van der Waals surface area contributed by atoms with Gasteiger partial charge in [0.05, 0.1) is 31.6 Å². The average Bonchev–Trinajstić information content (AvgIpc) is 2.91. The van der Waals surface area contributed by atoms with Gasteiger partial charge >= 0.3 is 0 Å². The molecular weight excluding hydrogens is 419 g/mol. The Morgan fingerprint density at radius 3 is 3.06 bits per heavy atom. The fraction of sp³-hybridized carbons (Fsp3) is 0.269. The van der Waals surface area contributed by atoms with E-state index in [9.17, 15) is 14.4 Å². The number of hydrogen-bond acceptors (Lipinski definition) is 6. The second-order valence-corrected chi connectivity index (χ2v) is 6.86. The number of ketones is 1. The number of ether oxygens (including phenoxy) is 1. The van der Waals surface area contributed by atoms with Crippen molar-refractivity contribution in [2.45, 2.75) is 20.3 Å². The van der Waals surface area contributed by atoms with Gasteiger partial charge in [0.2, 0.25) is 0 Å². The number of nitriles is 1. The van der Waals surface area contributed by atoms with Gasteiger partial charge in [0.1, 0.15) is 17.6 Å². The number of allylic oxidation sites excluding steroid dienone is 1. The van der Waals surface area contributed by atoms with E-state index in [1.54, 1.807) is 0 Å². The normalized spacial score (nSPS) is 17.6. The number of anilines is 2. The summed E-state index contributed by atoms with van der Waals surface area (Å²) in [5.74, 6) is -2.07. The van der Waals surface area contributed by atoms with Gasteiger partial charge in [0, 0.05) is 48.7 Å². The summed E-state index contributed by atoms with van der Waals surface area (Å²) in [6.45, 7) is -5.64. The smallest absolute Gasteiger partial charge is 0.159 e. The minimum Gasteiger partial charge on any atom is -0.494 e. The van der Waals surface area contributed by atoms with E-state index >= 15 is 0 Å². The van der Waals surface area contributed by atoms with Crippen molar-refractivity contribution in [1.29, 1.82) is 5.26 Å². The van der Waals surface area contributed by atoms with Crippen molar-refractivity contribution < 1.29 is 29.0 Å². The quantitative estimate of drug-likeness (QED) is 0.459. The maximum Gasteiger partial charge on any atom is 0.159 e. The molecule has 0 aliphatic carbocycles. The number of nitrogens with zero attached hydrogens (tertiary/aromatic N) is 3. The largest absolute Gasteiger partial charge is 0.494 e. The Bertz CT molecular complexity index is 1680. The monoisotopic (exact) mass is 457 g/mol. The molecule has 3 rings (SSSR count). The van der Waals surface area contributed by atoms with E-state index in [4.69, 9.17) is 19.8 Å². The lowest BCUT2D eigenvalue weighted by molar-refractivity contribution is -0.114. The molecule has 0 aliphatic heterocycles. The van der Waals surface area contributed by atoms with Crippen LogP contribution in [-0.4, -0.2) is 42.7 Å². The third kappa shape index (κ3) is 5.93.